The van der Waals surface area contributed by atoms with E-state index in [9.17, 15) is 13.2 Å². The van der Waals surface area contributed by atoms with Crippen LogP contribution in [0.2, 0.25) is 0 Å². The summed E-state index contributed by atoms with van der Waals surface area (Å²) in [7, 11) is -2.43. The minimum atomic E-state index is -3.84. The van der Waals surface area contributed by atoms with E-state index in [1.807, 2.05) is 24.3 Å². The van der Waals surface area contributed by atoms with Crippen LogP contribution in [0.3, 0.4) is 0 Å². The van der Waals surface area contributed by atoms with Gasteiger partial charge in [0.1, 0.15) is 0 Å². The molecule has 9 heteroatoms. The molecule has 0 radical (unpaired) electrons. The molecule has 8 nitrogen and oxygen atoms in total. The van der Waals surface area contributed by atoms with Gasteiger partial charge in [-0.3, -0.25) is 0 Å². The summed E-state index contributed by atoms with van der Waals surface area (Å²) in [6, 6.07) is 16.9. The van der Waals surface area contributed by atoms with Crippen molar-refractivity contribution < 1.29 is 27.8 Å². The number of rotatable bonds is 8. The van der Waals surface area contributed by atoms with Crippen molar-refractivity contribution in [3.63, 3.8) is 0 Å². The lowest BCUT2D eigenvalue weighted by molar-refractivity contribution is -0.144. The van der Waals surface area contributed by atoms with Crippen molar-refractivity contribution in [1.82, 2.24) is 4.83 Å². The number of nitrogens with one attached hydrogen (secondary N) is 1. The Bertz CT molecular complexity index is 1210. The monoisotopic (exact) mass is 428 g/mol. The smallest absolute Gasteiger partial charge is 0.344 e. The number of hydrazone groups is 1. The lowest BCUT2D eigenvalue weighted by Crippen LogP contribution is -2.23. The predicted octanol–water partition coefficient (Wildman–Crippen LogP) is 3.01. The van der Waals surface area contributed by atoms with Gasteiger partial charge < -0.3 is 14.6 Å². The lowest BCUT2D eigenvalue weighted by atomic mass is 10.1. The first-order valence-electron chi connectivity index (χ1n) is 8.91. The second kappa shape index (κ2) is 8.83. The van der Waals surface area contributed by atoms with Gasteiger partial charge in [0, 0.05) is 0 Å². The molecule has 0 fully saturated rings. The molecule has 0 aromatic heterocycles. The van der Waals surface area contributed by atoms with Gasteiger partial charge in [-0.1, -0.05) is 30.3 Å². The number of hydrogen-bond donors (Lipinski definition) is 2. The van der Waals surface area contributed by atoms with Crippen molar-refractivity contribution >= 4 is 33.0 Å². The first kappa shape index (κ1) is 21.1. The second-order valence-corrected chi connectivity index (χ2v) is 8.03. The van der Waals surface area contributed by atoms with E-state index in [0.29, 0.717) is 11.3 Å². The van der Waals surface area contributed by atoms with Gasteiger partial charge in [0.05, 0.1) is 18.2 Å². The highest BCUT2D eigenvalue weighted by Crippen LogP contribution is 2.28. The van der Waals surface area contributed by atoms with E-state index >= 15 is 0 Å². The zero-order valence-corrected chi connectivity index (χ0v) is 17.1. The molecule has 0 bridgehead atoms. The van der Waals surface area contributed by atoms with E-state index in [1.54, 1.807) is 24.3 Å². The highest BCUT2D eigenvalue weighted by Gasteiger charge is 2.16. The fourth-order valence-electron chi connectivity index (χ4n) is 2.66. The van der Waals surface area contributed by atoms with Crippen LogP contribution in [0.4, 0.5) is 0 Å². The molecule has 3 rings (SSSR count). The van der Waals surface area contributed by atoms with Crippen molar-refractivity contribution in [1.29, 1.82) is 0 Å². The van der Waals surface area contributed by atoms with E-state index in [4.69, 9.17) is 14.6 Å². The summed E-state index contributed by atoms with van der Waals surface area (Å²) in [5.74, 6) is -0.559. The maximum atomic E-state index is 12.5. The molecule has 0 aliphatic rings. The van der Waals surface area contributed by atoms with E-state index in [-0.39, 0.29) is 10.6 Å². The number of methoxy groups -OCH3 is 1. The first-order chi connectivity index (χ1) is 14.3. The topological polar surface area (TPSA) is 114 Å². The summed E-state index contributed by atoms with van der Waals surface area (Å²) in [5, 5.41) is 14.5. The third kappa shape index (κ3) is 4.87. The molecule has 0 spiro atoms. The molecule has 0 heterocycles. The summed E-state index contributed by atoms with van der Waals surface area (Å²) in [6.07, 6.45) is 0.262. The van der Waals surface area contributed by atoms with Gasteiger partial charge >= 0.3 is 5.97 Å². The van der Waals surface area contributed by atoms with Crippen LogP contribution in [0.15, 0.2) is 70.7 Å². The van der Waals surface area contributed by atoms with E-state index in [0.717, 1.165) is 10.8 Å². The Morgan fingerprint density at radius 2 is 1.80 bits per heavy atom. The molecule has 3 aromatic rings. The van der Waals surface area contributed by atoms with Crippen molar-refractivity contribution in [2.45, 2.75) is 17.9 Å². The van der Waals surface area contributed by atoms with Crippen LogP contribution in [0.5, 0.6) is 11.5 Å². The molecule has 0 saturated heterocycles. The standard InChI is InChI=1S/C21H20N2O6S/c1-14(21(24)25)29-19-10-7-15(11-20(19)28-2)13-22-23-30(26,27)18-9-8-16-5-3-4-6-17(16)12-18/h3-14,23H,1-2H3,(H,24,25)/b22-13+/t14-/m0/s1. The number of benzene rings is 3. The summed E-state index contributed by atoms with van der Waals surface area (Å²) in [6.45, 7) is 1.40. The normalized spacial score (nSPS) is 12.6. The maximum absolute atomic E-state index is 12.5. The summed E-state index contributed by atoms with van der Waals surface area (Å²) < 4.78 is 35.5. The van der Waals surface area contributed by atoms with Crippen molar-refractivity contribution in [3.8, 4) is 11.5 Å². The van der Waals surface area contributed by atoms with Gasteiger partial charge in [-0.15, -0.1) is 0 Å². The molecule has 0 aliphatic carbocycles. The Labute approximate surface area is 173 Å². The molecule has 3 aromatic carbocycles. The molecule has 30 heavy (non-hydrogen) atoms. The number of fused-ring (bicyclic) bond motifs is 1. The maximum Gasteiger partial charge on any atom is 0.344 e. The number of ether oxygens (including phenoxy) is 2. The Morgan fingerprint density at radius 3 is 2.50 bits per heavy atom. The third-order valence-electron chi connectivity index (χ3n) is 4.26. The second-order valence-electron chi connectivity index (χ2n) is 6.37. The molecule has 0 amide bonds. The predicted molar refractivity (Wildman–Crippen MR) is 113 cm³/mol. The fraction of sp³-hybridized carbons (Fsp3) is 0.143. The number of carbonyl (C=O) groups is 1. The van der Waals surface area contributed by atoms with Gasteiger partial charge in [-0.05, 0) is 53.6 Å². The van der Waals surface area contributed by atoms with Crippen molar-refractivity contribution in [3.05, 3.63) is 66.2 Å². The first-order valence-corrected chi connectivity index (χ1v) is 10.4. The third-order valence-corrected chi connectivity index (χ3v) is 5.48. The quantitative estimate of drug-likeness (QED) is 0.421. The van der Waals surface area contributed by atoms with Crippen LogP contribution < -0.4 is 14.3 Å². The van der Waals surface area contributed by atoms with Crippen LogP contribution >= 0.6 is 0 Å². The van der Waals surface area contributed by atoms with Gasteiger partial charge in [0.25, 0.3) is 10.0 Å². The number of carboxylic acid groups (broad SMARTS) is 1. The van der Waals surface area contributed by atoms with Crippen LogP contribution in [0, 0.1) is 0 Å². The molecule has 156 valence electrons. The molecule has 1 atom stereocenters. The molecule has 2 N–H and O–H groups in total. The minimum Gasteiger partial charge on any atom is -0.493 e. The largest absolute Gasteiger partial charge is 0.493 e. The van der Waals surface area contributed by atoms with E-state index in [2.05, 4.69) is 9.93 Å². The zero-order valence-electron chi connectivity index (χ0n) is 16.3. The lowest BCUT2D eigenvalue weighted by Gasteiger charge is -2.14. The van der Waals surface area contributed by atoms with Crippen molar-refractivity contribution in [2.75, 3.05) is 7.11 Å². The number of nitrogens with zero attached hydrogens (tertiary/aromatic N) is 1. The molecular formula is C21H20N2O6S. The molecular weight excluding hydrogens is 408 g/mol. The Kier molecular flexibility index (Phi) is 6.22. The zero-order chi connectivity index (χ0) is 21.7. The fourth-order valence-corrected chi connectivity index (χ4v) is 3.49. The van der Waals surface area contributed by atoms with Crippen LogP contribution in [-0.2, 0) is 14.8 Å². The SMILES string of the molecule is COc1cc(/C=N/NS(=O)(=O)c2ccc3ccccc3c2)ccc1O[C@@H](C)C(=O)O. The summed E-state index contributed by atoms with van der Waals surface area (Å²) >= 11 is 0. The number of sulfonamides is 1. The molecule has 0 aliphatic heterocycles. The molecule has 0 saturated carbocycles. The average Bonchev–Trinajstić information content (AvgIpc) is 2.74. The Hall–Kier alpha value is -3.59. The highest BCUT2D eigenvalue weighted by molar-refractivity contribution is 7.89. The van der Waals surface area contributed by atoms with Gasteiger partial charge in [0.15, 0.2) is 17.6 Å². The van der Waals surface area contributed by atoms with Gasteiger partial charge in [-0.2, -0.15) is 13.5 Å². The van der Waals surface area contributed by atoms with Crippen LogP contribution in [-0.4, -0.2) is 38.9 Å². The number of hydrogen-bond acceptors (Lipinski definition) is 6. The van der Waals surface area contributed by atoms with E-state index in [1.165, 1.54) is 32.4 Å². The highest BCUT2D eigenvalue weighted by atomic mass is 32.2. The average molecular weight is 428 g/mol. The molecule has 0 unspecified atom stereocenters. The van der Waals surface area contributed by atoms with Crippen LogP contribution in [0.1, 0.15) is 12.5 Å². The van der Waals surface area contributed by atoms with Crippen molar-refractivity contribution in [2.24, 2.45) is 5.10 Å². The summed E-state index contributed by atoms with van der Waals surface area (Å²) in [4.78, 5) is 13.2. The number of aliphatic carboxylic acids is 1. The minimum absolute atomic E-state index is 0.0994. The van der Waals surface area contributed by atoms with Gasteiger partial charge in [0.2, 0.25) is 0 Å². The van der Waals surface area contributed by atoms with Gasteiger partial charge in [-0.25, -0.2) is 9.63 Å². The van der Waals surface area contributed by atoms with E-state index < -0.39 is 22.1 Å². The van der Waals surface area contributed by atoms with Crippen LogP contribution in [0.25, 0.3) is 10.8 Å². The summed E-state index contributed by atoms with van der Waals surface area (Å²) in [5.41, 5.74) is 0.531. The number of carboxylic acids is 1. The Morgan fingerprint density at radius 1 is 1.07 bits per heavy atom. The Balaban J connectivity index is 1.75.